The summed E-state index contributed by atoms with van der Waals surface area (Å²) in [6.07, 6.45) is 0. The molecule has 0 saturated carbocycles. The number of nitrogens with zero attached hydrogens (tertiary/aromatic N) is 1. The lowest BCUT2D eigenvalue weighted by Gasteiger charge is -2.15. The van der Waals surface area contributed by atoms with Gasteiger partial charge < -0.3 is 9.94 Å². The van der Waals surface area contributed by atoms with Crippen molar-refractivity contribution in [2.75, 3.05) is 7.11 Å². The standard InChI is InChI=1S/C15H14ClNO2/c1-19-13-9-7-12(8-10-13)14(15(16)17-18)11-5-3-2-4-6-11/h2-10,14,18H,1H3. The molecule has 0 aliphatic carbocycles. The van der Waals surface area contributed by atoms with Crippen molar-refractivity contribution in [3.63, 3.8) is 0 Å². The maximum Gasteiger partial charge on any atom is 0.157 e. The molecule has 2 aromatic carbocycles. The number of hydrogen-bond acceptors (Lipinski definition) is 3. The Hall–Kier alpha value is -2.00. The molecule has 2 aromatic rings. The summed E-state index contributed by atoms with van der Waals surface area (Å²) in [5.41, 5.74) is 1.91. The fourth-order valence-corrected chi connectivity index (χ4v) is 2.22. The van der Waals surface area contributed by atoms with Crippen LogP contribution < -0.4 is 4.74 Å². The highest BCUT2D eigenvalue weighted by Crippen LogP contribution is 2.29. The summed E-state index contributed by atoms with van der Waals surface area (Å²) < 4.78 is 5.13. The zero-order valence-electron chi connectivity index (χ0n) is 10.5. The molecule has 3 nitrogen and oxygen atoms in total. The molecule has 0 bridgehead atoms. The van der Waals surface area contributed by atoms with E-state index in [1.807, 2.05) is 54.6 Å². The summed E-state index contributed by atoms with van der Waals surface area (Å²) in [7, 11) is 1.62. The number of oxime groups is 1. The molecule has 0 aromatic heterocycles. The molecular weight excluding hydrogens is 262 g/mol. The summed E-state index contributed by atoms with van der Waals surface area (Å²) in [6.45, 7) is 0. The molecule has 2 rings (SSSR count). The van der Waals surface area contributed by atoms with Crippen molar-refractivity contribution in [1.29, 1.82) is 0 Å². The maximum atomic E-state index is 8.96. The van der Waals surface area contributed by atoms with Crippen LogP contribution in [-0.2, 0) is 0 Å². The van der Waals surface area contributed by atoms with E-state index in [2.05, 4.69) is 5.16 Å². The van der Waals surface area contributed by atoms with Gasteiger partial charge in [-0.05, 0) is 23.3 Å². The van der Waals surface area contributed by atoms with Gasteiger partial charge in [0.2, 0.25) is 0 Å². The van der Waals surface area contributed by atoms with E-state index in [0.29, 0.717) is 0 Å². The van der Waals surface area contributed by atoms with E-state index in [-0.39, 0.29) is 11.1 Å². The number of halogens is 1. The van der Waals surface area contributed by atoms with Gasteiger partial charge in [0, 0.05) is 0 Å². The minimum atomic E-state index is -0.279. The third kappa shape index (κ3) is 3.06. The van der Waals surface area contributed by atoms with Crippen LogP contribution in [0.1, 0.15) is 17.0 Å². The molecular formula is C15H14ClNO2. The van der Waals surface area contributed by atoms with Gasteiger partial charge in [0.1, 0.15) is 5.75 Å². The smallest absolute Gasteiger partial charge is 0.157 e. The SMILES string of the molecule is COc1ccc(C(C(Cl)=NO)c2ccccc2)cc1. The van der Waals surface area contributed by atoms with E-state index in [1.54, 1.807) is 7.11 Å². The third-order valence-corrected chi connectivity index (χ3v) is 3.21. The molecule has 0 spiro atoms. The summed E-state index contributed by atoms with van der Waals surface area (Å²) in [6, 6.07) is 17.2. The van der Waals surface area contributed by atoms with Crippen molar-refractivity contribution in [2.45, 2.75) is 5.92 Å². The van der Waals surface area contributed by atoms with Gasteiger partial charge in [-0.1, -0.05) is 59.2 Å². The molecule has 1 atom stereocenters. The molecule has 1 N–H and O–H groups in total. The van der Waals surface area contributed by atoms with Crippen LogP contribution in [0.3, 0.4) is 0 Å². The number of hydrogen-bond donors (Lipinski definition) is 1. The van der Waals surface area contributed by atoms with Gasteiger partial charge in [-0.25, -0.2) is 0 Å². The Labute approximate surface area is 117 Å². The second-order valence-corrected chi connectivity index (χ2v) is 4.43. The number of methoxy groups -OCH3 is 1. The van der Waals surface area contributed by atoms with Gasteiger partial charge in [0.05, 0.1) is 13.0 Å². The van der Waals surface area contributed by atoms with E-state index < -0.39 is 0 Å². The summed E-state index contributed by atoms with van der Waals surface area (Å²) in [5.74, 6) is 0.492. The van der Waals surface area contributed by atoms with Crippen LogP contribution in [0.25, 0.3) is 0 Å². The first-order chi connectivity index (χ1) is 9.26. The Bertz CT molecular complexity index is 552. The molecule has 1 unspecified atom stereocenters. The molecule has 0 heterocycles. The predicted molar refractivity (Wildman–Crippen MR) is 76.4 cm³/mol. The zero-order chi connectivity index (χ0) is 13.7. The maximum absolute atomic E-state index is 8.96. The normalized spacial score (nSPS) is 13.1. The minimum absolute atomic E-state index is 0.136. The lowest BCUT2D eigenvalue weighted by atomic mass is 9.92. The first-order valence-corrected chi connectivity index (χ1v) is 6.20. The quantitative estimate of drug-likeness (QED) is 0.523. The average molecular weight is 276 g/mol. The Morgan fingerprint density at radius 3 is 2.16 bits per heavy atom. The third-order valence-electron chi connectivity index (χ3n) is 2.92. The zero-order valence-corrected chi connectivity index (χ0v) is 11.2. The van der Waals surface area contributed by atoms with Gasteiger partial charge in [-0.2, -0.15) is 0 Å². The number of benzene rings is 2. The Kier molecular flexibility index (Phi) is 4.42. The highest BCUT2D eigenvalue weighted by Gasteiger charge is 2.19. The molecule has 0 saturated heterocycles. The lowest BCUT2D eigenvalue weighted by molar-refractivity contribution is 0.319. The Morgan fingerprint density at radius 1 is 1.05 bits per heavy atom. The van der Waals surface area contributed by atoms with Crippen LogP contribution in [-0.4, -0.2) is 17.5 Å². The van der Waals surface area contributed by atoms with Crippen molar-refractivity contribution >= 4 is 16.8 Å². The second-order valence-electron chi connectivity index (χ2n) is 4.04. The van der Waals surface area contributed by atoms with Gasteiger partial charge in [-0.15, -0.1) is 0 Å². The van der Waals surface area contributed by atoms with E-state index in [4.69, 9.17) is 21.5 Å². The summed E-state index contributed by atoms with van der Waals surface area (Å²) in [4.78, 5) is 0. The Balaban J connectivity index is 2.43. The second kappa shape index (κ2) is 6.25. The number of rotatable bonds is 4. The topological polar surface area (TPSA) is 41.8 Å². The van der Waals surface area contributed by atoms with Crippen LogP contribution >= 0.6 is 11.6 Å². The average Bonchev–Trinajstić information content (AvgIpc) is 2.49. The van der Waals surface area contributed by atoms with Crippen LogP contribution in [0, 0.1) is 0 Å². The first-order valence-electron chi connectivity index (χ1n) is 5.82. The predicted octanol–water partition coefficient (Wildman–Crippen LogP) is 3.85. The highest BCUT2D eigenvalue weighted by atomic mass is 35.5. The van der Waals surface area contributed by atoms with Crippen LogP contribution in [0.2, 0.25) is 0 Å². The highest BCUT2D eigenvalue weighted by molar-refractivity contribution is 6.66. The van der Waals surface area contributed by atoms with Crippen LogP contribution in [0.15, 0.2) is 59.8 Å². The largest absolute Gasteiger partial charge is 0.497 e. The lowest BCUT2D eigenvalue weighted by Crippen LogP contribution is -2.09. The van der Waals surface area contributed by atoms with E-state index in [0.717, 1.165) is 16.9 Å². The van der Waals surface area contributed by atoms with Gasteiger partial charge in [-0.3, -0.25) is 0 Å². The monoisotopic (exact) mass is 275 g/mol. The number of ether oxygens (including phenoxy) is 1. The molecule has 4 heteroatoms. The van der Waals surface area contributed by atoms with Gasteiger partial charge in [0.15, 0.2) is 5.17 Å². The van der Waals surface area contributed by atoms with Crippen molar-refractivity contribution in [1.82, 2.24) is 0 Å². The molecule has 0 aliphatic rings. The van der Waals surface area contributed by atoms with E-state index >= 15 is 0 Å². The molecule has 98 valence electrons. The van der Waals surface area contributed by atoms with Crippen molar-refractivity contribution in [3.8, 4) is 5.75 Å². The van der Waals surface area contributed by atoms with Crippen molar-refractivity contribution < 1.29 is 9.94 Å². The summed E-state index contributed by atoms with van der Waals surface area (Å²) >= 11 is 6.04. The fraction of sp³-hybridized carbons (Fsp3) is 0.133. The Morgan fingerprint density at radius 2 is 1.63 bits per heavy atom. The first kappa shape index (κ1) is 13.4. The van der Waals surface area contributed by atoms with Crippen LogP contribution in [0.4, 0.5) is 0 Å². The van der Waals surface area contributed by atoms with Crippen LogP contribution in [0.5, 0.6) is 5.75 Å². The van der Waals surface area contributed by atoms with Gasteiger partial charge in [0.25, 0.3) is 0 Å². The molecule has 0 amide bonds. The molecule has 0 fully saturated rings. The van der Waals surface area contributed by atoms with E-state index in [9.17, 15) is 0 Å². The van der Waals surface area contributed by atoms with Crippen molar-refractivity contribution in [2.24, 2.45) is 5.16 Å². The minimum Gasteiger partial charge on any atom is -0.497 e. The van der Waals surface area contributed by atoms with Gasteiger partial charge >= 0.3 is 0 Å². The summed E-state index contributed by atoms with van der Waals surface area (Å²) in [5, 5.41) is 12.2. The molecule has 19 heavy (non-hydrogen) atoms. The molecule has 0 radical (unpaired) electrons. The van der Waals surface area contributed by atoms with E-state index in [1.165, 1.54) is 0 Å². The molecule has 0 aliphatic heterocycles. The van der Waals surface area contributed by atoms with Crippen molar-refractivity contribution in [3.05, 3.63) is 65.7 Å². The fourth-order valence-electron chi connectivity index (χ4n) is 1.97.